The molecule has 194 valence electrons. The molecule has 0 aliphatic carbocycles. The Labute approximate surface area is 230 Å². The number of aliphatic hydroxyl groups is 1. The fraction of sp³-hybridized carbons (Fsp3) is 0.261. The van der Waals surface area contributed by atoms with Crippen molar-refractivity contribution in [3.63, 3.8) is 0 Å². The van der Waals surface area contributed by atoms with Crippen molar-refractivity contribution >= 4 is 70.4 Å². The zero-order valence-electron chi connectivity index (χ0n) is 19.0. The molecule has 3 heterocycles. The molecule has 37 heavy (non-hydrogen) atoms. The summed E-state index contributed by atoms with van der Waals surface area (Å²) in [5.41, 5.74) is 0.648. The molecule has 4 rings (SSSR count). The maximum Gasteiger partial charge on any atom is 0.352 e. The SMILES string of the molecule is O=C(CSc1cc(Cl)ccc1Cl)N[C@@H]1C(=O)N2C(C(=O)O)=C(C[n+]3cccc(C(=O)NCO)c3)CS[C@H]12. The van der Waals surface area contributed by atoms with Crippen molar-refractivity contribution in [2.75, 3.05) is 18.2 Å². The summed E-state index contributed by atoms with van der Waals surface area (Å²) in [7, 11) is 0. The van der Waals surface area contributed by atoms with Crippen molar-refractivity contribution in [1.82, 2.24) is 15.5 Å². The van der Waals surface area contributed by atoms with Gasteiger partial charge >= 0.3 is 5.97 Å². The first-order chi connectivity index (χ1) is 17.7. The summed E-state index contributed by atoms with van der Waals surface area (Å²) in [6, 6.07) is 7.26. The van der Waals surface area contributed by atoms with Crippen LogP contribution < -0.4 is 15.2 Å². The summed E-state index contributed by atoms with van der Waals surface area (Å²) in [6.07, 6.45) is 3.20. The molecule has 10 nitrogen and oxygen atoms in total. The number of aliphatic carboxylic acids is 1. The molecule has 2 aliphatic rings. The fourth-order valence-corrected chi connectivity index (χ4v) is 6.54. The molecule has 2 atom stereocenters. The lowest BCUT2D eigenvalue weighted by atomic mass is 10.0. The standard InChI is InChI=1S/C23H20Cl2N4O6S2/c24-14-3-4-15(25)16(6-14)36-10-17(31)27-18-21(33)29-19(23(34)35)13(9-37-22(18)29)8-28-5-1-2-12(7-28)20(32)26-11-30/h1-7,18,22,30H,8-11H2,(H2-,26,27,31,32,34,35)/p+1/t18-,22-/m1/s1. The van der Waals surface area contributed by atoms with Crippen LogP contribution in [0.2, 0.25) is 10.0 Å². The minimum atomic E-state index is -1.25. The summed E-state index contributed by atoms with van der Waals surface area (Å²) in [5.74, 6) is -2.30. The Bertz CT molecular complexity index is 1310. The predicted octanol–water partition coefficient (Wildman–Crippen LogP) is 1.49. The van der Waals surface area contributed by atoms with Gasteiger partial charge in [0.15, 0.2) is 18.9 Å². The molecule has 0 bridgehead atoms. The molecule has 1 fully saturated rings. The minimum Gasteiger partial charge on any atom is -0.477 e. The van der Waals surface area contributed by atoms with E-state index in [4.69, 9.17) is 28.3 Å². The van der Waals surface area contributed by atoms with Gasteiger partial charge < -0.3 is 20.8 Å². The topological polar surface area (TPSA) is 140 Å². The van der Waals surface area contributed by atoms with Gasteiger partial charge in [0.25, 0.3) is 11.8 Å². The number of carbonyl (C=O) groups excluding carboxylic acids is 3. The first-order valence-electron chi connectivity index (χ1n) is 10.8. The number of fused-ring (bicyclic) bond motifs is 1. The van der Waals surface area contributed by atoms with Crippen LogP contribution in [0.5, 0.6) is 0 Å². The molecule has 1 aromatic carbocycles. The first-order valence-corrected chi connectivity index (χ1v) is 13.6. The Kier molecular flexibility index (Phi) is 8.65. The van der Waals surface area contributed by atoms with E-state index in [0.29, 0.717) is 26.3 Å². The molecule has 0 radical (unpaired) electrons. The molecule has 4 N–H and O–H groups in total. The zero-order valence-corrected chi connectivity index (χ0v) is 22.2. The van der Waals surface area contributed by atoms with Gasteiger partial charge in [0.1, 0.15) is 29.4 Å². The fourth-order valence-electron chi connectivity index (χ4n) is 3.90. The summed E-state index contributed by atoms with van der Waals surface area (Å²) in [6.45, 7) is -0.374. The van der Waals surface area contributed by atoms with E-state index < -0.39 is 35.9 Å². The van der Waals surface area contributed by atoms with Crippen LogP contribution in [-0.4, -0.2) is 68.5 Å². The Balaban J connectivity index is 1.43. The average molecular weight is 584 g/mol. The number of carboxylic acid groups (broad SMARTS) is 1. The number of nitrogens with one attached hydrogen (secondary N) is 2. The Morgan fingerprint density at radius 3 is 2.76 bits per heavy atom. The van der Waals surface area contributed by atoms with Crippen LogP contribution in [0, 0.1) is 0 Å². The Morgan fingerprint density at radius 1 is 1.24 bits per heavy atom. The van der Waals surface area contributed by atoms with Gasteiger partial charge in [0, 0.05) is 27.3 Å². The van der Waals surface area contributed by atoms with Crippen LogP contribution >= 0.6 is 46.7 Å². The third-order valence-electron chi connectivity index (χ3n) is 5.55. The molecule has 3 amide bonds. The summed E-state index contributed by atoms with van der Waals surface area (Å²) >= 11 is 14.6. The van der Waals surface area contributed by atoms with E-state index in [2.05, 4.69) is 10.6 Å². The van der Waals surface area contributed by atoms with Crippen LogP contribution in [-0.2, 0) is 20.9 Å². The van der Waals surface area contributed by atoms with Crippen molar-refractivity contribution in [3.05, 3.63) is 69.6 Å². The molecular weight excluding hydrogens is 563 g/mol. The monoisotopic (exact) mass is 583 g/mol. The van der Waals surface area contributed by atoms with Gasteiger partial charge in [-0.3, -0.25) is 19.3 Å². The quantitative estimate of drug-likeness (QED) is 0.151. The van der Waals surface area contributed by atoms with Crippen LogP contribution in [0.15, 0.2) is 58.9 Å². The normalized spacial score (nSPS) is 18.7. The second-order valence-electron chi connectivity index (χ2n) is 8.00. The highest BCUT2D eigenvalue weighted by Gasteiger charge is 2.54. The van der Waals surface area contributed by atoms with Crippen molar-refractivity contribution < 1.29 is 34.0 Å². The van der Waals surface area contributed by atoms with Crippen molar-refractivity contribution in [2.24, 2.45) is 0 Å². The summed E-state index contributed by atoms with van der Waals surface area (Å²) in [5, 5.41) is 24.2. The number of rotatable bonds is 9. The van der Waals surface area contributed by atoms with E-state index in [-0.39, 0.29) is 29.5 Å². The second kappa shape index (κ2) is 11.7. The Morgan fingerprint density at radius 2 is 2.03 bits per heavy atom. The maximum atomic E-state index is 12.9. The number of aromatic nitrogens is 1. The molecule has 0 spiro atoms. The third-order valence-corrected chi connectivity index (χ3v) is 8.62. The maximum absolute atomic E-state index is 12.9. The predicted molar refractivity (Wildman–Crippen MR) is 138 cm³/mol. The number of aliphatic hydroxyl groups excluding tert-OH is 1. The number of nitrogens with zero attached hydrogens (tertiary/aromatic N) is 2. The smallest absolute Gasteiger partial charge is 0.352 e. The summed E-state index contributed by atoms with van der Waals surface area (Å²) < 4.78 is 1.63. The van der Waals surface area contributed by atoms with E-state index in [1.807, 2.05) is 0 Å². The number of hydrogen-bond donors (Lipinski definition) is 4. The molecule has 0 saturated carbocycles. The molecule has 0 unspecified atom stereocenters. The van der Waals surface area contributed by atoms with Crippen LogP contribution in [0.4, 0.5) is 0 Å². The number of halogens is 2. The number of pyridine rings is 1. The van der Waals surface area contributed by atoms with Gasteiger partial charge in [-0.1, -0.05) is 23.2 Å². The van der Waals surface area contributed by atoms with Crippen molar-refractivity contribution in [2.45, 2.75) is 22.9 Å². The van der Waals surface area contributed by atoms with Gasteiger partial charge in [-0.2, -0.15) is 0 Å². The number of β-lactam (4-membered cyclic amide) rings is 1. The molecule has 14 heteroatoms. The second-order valence-corrected chi connectivity index (χ2v) is 11.0. The Hall–Kier alpha value is -2.77. The number of carboxylic acids is 1. The molecule has 1 aromatic heterocycles. The van der Waals surface area contributed by atoms with Gasteiger partial charge in [0.2, 0.25) is 5.91 Å². The van der Waals surface area contributed by atoms with Gasteiger partial charge in [-0.15, -0.1) is 23.5 Å². The van der Waals surface area contributed by atoms with Crippen LogP contribution in [0.3, 0.4) is 0 Å². The van der Waals surface area contributed by atoms with Crippen molar-refractivity contribution in [3.8, 4) is 0 Å². The van der Waals surface area contributed by atoms with Crippen LogP contribution in [0.1, 0.15) is 10.4 Å². The zero-order chi connectivity index (χ0) is 26.7. The number of thioether (sulfide) groups is 2. The number of hydrogen-bond acceptors (Lipinski definition) is 7. The third kappa shape index (κ3) is 6.04. The highest BCUT2D eigenvalue weighted by atomic mass is 35.5. The lowest BCUT2D eigenvalue weighted by molar-refractivity contribution is -0.689. The minimum absolute atomic E-state index is 0.00491. The van der Waals surface area contributed by atoms with Gasteiger partial charge in [-0.05, 0) is 24.3 Å². The largest absolute Gasteiger partial charge is 0.477 e. The van der Waals surface area contributed by atoms with Gasteiger partial charge in [-0.25, -0.2) is 9.36 Å². The van der Waals surface area contributed by atoms with E-state index in [9.17, 15) is 24.3 Å². The summed E-state index contributed by atoms with van der Waals surface area (Å²) in [4.78, 5) is 51.4. The highest BCUT2D eigenvalue weighted by Crippen LogP contribution is 2.40. The first kappa shape index (κ1) is 27.3. The number of carbonyl (C=O) groups is 4. The molecule has 1 saturated heterocycles. The van der Waals surface area contributed by atoms with E-state index in [0.717, 1.165) is 0 Å². The lowest BCUT2D eigenvalue weighted by Gasteiger charge is -2.49. The van der Waals surface area contributed by atoms with Crippen LogP contribution in [0.25, 0.3) is 0 Å². The van der Waals surface area contributed by atoms with E-state index in [1.165, 1.54) is 34.6 Å². The average Bonchev–Trinajstić information content (AvgIpc) is 2.87. The van der Waals surface area contributed by atoms with E-state index >= 15 is 0 Å². The lowest BCUT2D eigenvalue weighted by Crippen LogP contribution is -2.71. The van der Waals surface area contributed by atoms with Crippen molar-refractivity contribution in [1.29, 1.82) is 0 Å². The van der Waals surface area contributed by atoms with E-state index in [1.54, 1.807) is 41.1 Å². The van der Waals surface area contributed by atoms with Gasteiger partial charge in [0.05, 0.1) is 10.8 Å². The molecule has 2 aromatic rings. The number of amides is 3. The molecular formula is C23H21Cl2N4O6S2+. The molecule has 2 aliphatic heterocycles. The number of benzene rings is 1. The highest BCUT2D eigenvalue weighted by molar-refractivity contribution is 8.00.